The zero-order chi connectivity index (χ0) is 10.9. The van der Waals surface area contributed by atoms with E-state index in [0.29, 0.717) is 39.1 Å². The molecular formula is C10H17NO4. The van der Waals surface area contributed by atoms with Crippen molar-refractivity contribution in [2.45, 2.75) is 18.4 Å². The molecule has 2 N–H and O–H groups in total. The summed E-state index contributed by atoms with van der Waals surface area (Å²) < 4.78 is 10.0. The van der Waals surface area contributed by atoms with Crippen LogP contribution in [-0.4, -0.2) is 50.1 Å². The van der Waals surface area contributed by atoms with Crippen molar-refractivity contribution < 1.29 is 19.4 Å². The molecule has 0 spiro atoms. The maximum absolute atomic E-state index is 11.8. The molecule has 2 aliphatic rings. The number of ether oxygens (including phenoxy) is 2. The van der Waals surface area contributed by atoms with Crippen LogP contribution in [0.1, 0.15) is 12.8 Å². The fourth-order valence-corrected chi connectivity index (χ4v) is 2.42. The summed E-state index contributed by atoms with van der Waals surface area (Å²) in [6.45, 7) is 2.01. The van der Waals surface area contributed by atoms with Crippen LogP contribution in [0.2, 0.25) is 0 Å². The first-order valence-electron chi connectivity index (χ1n) is 5.24. The summed E-state index contributed by atoms with van der Waals surface area (Å²) >= 11 is 0. The van der Waals surface area contributed by atoms with Gasteiger partial charge in [0.05, 0.1) is 12.7 Å². The topological polar surface area (TPSA) is 67.8 Å². The average Bonchev–Trinajstić information content (AvgIpc) is 2.16. The van der Waals surface area contributed by atoms with Gasteiger partial charge >= 0.3 is 5.97 Å². The third-order valence-corrected chi connectivity index (χ3v) is 3.64. The number of rotatable bonds is 2. The van der Waals surface area contributed by atoms with Crippen LogP contribution < -0.4 is 5.32 Å². The molecule has 0 unspecified atom stereocenters. The molecular weight excluding hydrogens is 198 g/mol. The first kappa shape index (κ1) is 10.9. The zero-order valence-electron chi connectivity index (χ0n) is 8.91. The van der Waals surface area contributed by atoms with Gasteiger partial charge in [-0.2, -0.15) is 0 Å². The standard InChI is InChI=1S/C10H17NO4/c1-14-8(12)9(6-11-7-9)10(13)2-4-15-5-3-10/h11,13H,2-7H2,1H3. The van der Waals surface area contributed by atoms with Crippen LogP contribution in [0.5, 0.6) is 0 Å². The first-order valence-corrected chi connectivity index (χ1v) is 5.24. The van der Waals surface area contributed by atoms with E-state index in [4.69, 9.17) is 9.47 Å². The lowest BCUT2D eigenvalue weighted by Gasteiger charge is -2.52. The van der Waals surface area contributed by atoms with Gasteiger partial charge in [0.15, 0.2) is 0 Å². The van der Waals surface area contributed by atoms with Crippen LogP contribution >= 0.6 is 0 Å². The van der Waals surface area contributed by atoms with Gasteiger partial charge in [0, 0.05) is 39.1 Å². The van der Waals surface area contributed by atoms with Gasteiger partial charge in [-0.3, -0.25) is 4.79 Å². The normalized spacial score (nSPS) is 27.9. The molecule has 0 bridgehead atoms. The van der Waals surface area contributed by atoms with E-state index in [1.807, 2.05) is 0 Å². The summed E-state index contributed by atoms with van der Waals surface area (Å²) in [7, 11) is 1.37. The smallest absolute Gasteiger partial charge is 0.317 e. The first-order chi connectivity index (χ1) is 7.15. The van der Waals surface area contributed by atoms with Crippen LogP contribution in [0.3, 0.4) is 0 Å². The number of carbonyl (C=O) groups is 1. The van der Waals surface area contributed by atoms with Crippen LogP contribution in [0, 0.1) is 5.41 Å². The van der Waals surface area contributed by atoms with Gasteiger partial charge in [-0.25, -0.2) is 0 Å². The molecule has 15 heavy (non-hydrogen) atoms. The molecule has 2 fully saturated rings. The van der Waals surface area contributed by atoms with Gasteiger partial charge < -0.3 is 19.9 Å². The third-order valence-electron chi connectivity index (χ3n) is 3.64. The van der Waals surface area contributed by atoms with Gasteiger partial charge in [0.25, 0.3) is 0 Å². The molecule has 0 amide bonds. The number of hydrogen-bond donors (Lipinski definition) is 2. The summed E-state index contributed by atoms with van der Waals surface area (Å²) in [6.07, 6.45) is 1.01. The highest BCUT2D eigenvalue weighted by Crippen LogP contribution is 2.43. The predicted octanol–water partition coefficient (Wildman–Crippen LogP) is -0.709. The minimum Gasteiger partial charge on any atom is -0.468 e. The van der Waals surface area contributed by atoms with Gasteiger partial charge in [0.1, 0.15) is 5.41 Å². The van der Waals surface area contributed by atoms with E-state index in [0.717, 1.165) is 0 Å². The van der Waals surface area contributed by atoms with Gasteiger partial charge in [-0.15, -0.1) is 0 Å². The van der Waals surface area contributed by atoms with E-state index < -0.39 is 11.0 Å². The van der Waals surface area contributed by atoms with Crippen molar-refractivity contribution in [2.75, 3.05) is 33.4 Å². The number of carbonyl (C=O) groups excluding carboxylic acids is 1. The molecule has 0 aromatic carbocycles. The fourth-order valence-electron chi connectivity index (χ4n) is 2.42. The summed E-state index contributed by atoms with van der Waals surface area (Å²) in [6, 6.07) is 0. The van der Waals surface area contributed by atoms with Crippen LogP contribution in [0.15, 0.2) is 0 Å². The Bertz CT molecular complexity index is 256. The Hall–Kier alpha value is -0.650. The predicted molar refractivity (Wildman–Crippen MR) is 52.3 cm³/mol. The highest BCUT2D eigenvalue weighted by Gasteiger charge is 2.60. The highest BCUT2D eigenvalue weighted by atomic mass is 16.5. The van der Waals surface area contributed by atoms with Crippen molar-refractivity contribution in [2.24, 2.45) is 5.41 Å². The molecule has 5 heteroatoms. The molecule has 0 aliphatic carbocycles. The second kappa shape index (κ2) is 3.73. The van der Waals surface area contributed by atoms with Crippen molar-refractivity contribution in [1.29, 1.82) is 0 Å². The van der Waals surface area contributed by atoms with Crippen LogP contribution in [-0.2, 0) is 14.3 Å². The summed E-state index contributed by atoms with van der Waals surface area (Å²) in [5.74, 6) is -0.314. The second-order valence-corrected chi connectivity index (χ2v) is 4.32. The Morgan fingerprint density at radius 1 is 1.40 bits per heavy atom. The second-order valence-electron chi connectivity index (χ2n) is 4.32. The molecule has 5 nitrogen and oxygen atoms in total. The minimum absolute atomic E-state index is 0.314. The lowest BCUT2D eigenvalue weighted by molar-refractivity contribution is -0.196. The Labute approximate surface area is 88.7 Å². The van der Waals surface area contributed by atoms with E-state index in [1.54, 1.807) is 0 Å². The fraction of sp³-hybridized carbons (Fsp3) is 0.900. The Morgan fingerprint density at radius 2 is 2.00 bits per heavy atom. The third kappa shape index (κ3) is 1.46. The molecule has 2 rings (SSSR count). The lowest BCUT2D eigenvalue weighted by Crippen LogP contribution is -2.71. The maximum atomic E-state index is 11.8. The SMILES string of the molecule is COC(=O)C1(C2(O)CCOCC2)CNC1. The molecule has 2 heterocycles. The summed E-state index contributed by atoms with van der Waals surface area (Å²) in [5, 5.41) is 13.6. The average molecular weight is 215 g/mol. The number of esters is 1. The van der Waals surface area contributed by atoms with E-state index >= 15 is 0 Å². The number of hydrogen-bond acceptors (Lipinski definition) is 5. The number of methoxy groups -OCH3 is 1. The summed E-state index contributed by atoms with van der Waals surface area (Å²) in [5.41, 5.74) is -1.73. The van der Waals surface area contributed by atoms with E-state index in [9.17, 15) is 9.90 Å². The molecule has 0 radical (unpaired) electrons. The van der Waals surface area contributed by atoms with Crippen molar-refractivity contribution in [3.05, 3.63) is 0 Å². The largest absolute Gasteiger partial charge is 0.468 e. The van der Waals surface area contributed by atoms with E-state index in [1.165, 1.54) is 7.11 Å². The van der Waals surface area contributed by atoms with Crippen molar-refractivity contribution in [1.82, 2.24) is 5.32 Å². The molecule has 0 atom stereocenters. The molecule has 86 valence electrons. The molecule has 2 saturated heterocycles. The van der Waals surface area contributed by atoms with Crippen molar-refractivity contribution in [3.8, 4) is 0 Å². The van der Waals surface area contributed by atoms with Crippen LogP contribution in [0.4, 0.5) is 0 Å². The van der Waals surface area contributed by atoms with E-state index in [2.05, 4.69) is 5.32 Å². The quantitative estimate of drug-likeness (QED) is 0.596. The number of nitrogens with one attached hydrogen (secondary N) is 1. The monoisotopic (exact) mass is 215 g/mol. The molecule has 0 saturated carbocycles. The van der Waals surface area contributed by atoms with E-state index in [-0.39, 0.29) is 5.97 Å². The van der Waals surface area contributed by atoms with Crippen LogP contribution in [0.25, 0.3) is 0 Å². The molecule has 0 aromatic heterocycles. The van der Waals surface area contributed by atoms with Gasteiger partial charge in [-0.05, 0) is 0 Å². The Balaban J connectivity index is 2.20. The minimum atomic E-state index is -0.969. The highest BCUT2D eigenvalue weighted by molar-refractivity contribution is 5.80. The Kier molecular flexibility index (Phi) is 2.70. The van der Waals surface area contributed by atoms with Gasteiger partial charge in [0.2, 0.25) is 0 Å². The summed E-state index contributed by atoms with van der Waals surface area (Å²) in [4.78, 5) is 11.8. The van der Waals surface area contributed by atoms with Crippen molar-refractivity contribution >= 4 is 5.97 Å². The van der Waals surface area contributed by atoms with Gasteiger partial charge in [-0.1, -0.05) is 0 Å². The Morgan fingerprint density at radius 3 is 2.40 bits per heavy atom. The molecule has 0 aromatic rings. The lowest BCUT2D eigenvalue weighted by atomic mass is 9.64. The zero-order valence-corrected chi connectivity index (χ0v) is 8.91. The molecule has 2 aliphatic heterocycles. The maximum Gasteiger partial charge on any atom is 0.317 e. The van der Waals surface area contributed by atoms with Crippen molar-refractivity contribution in [3.63, 3.8) is 0 Å². The number of aliphatic hydroxyl groups is 1.